The lowest BCUT2D eigenvalue weighted by atomic mass is 10.1. The average molecular weight is 426 g/mol. The molecule has 0 saturated carbocycles. The number of anilines is 2. The Labute approximate surface area is 153 Å². The van der Waals surface area contributed by atoms with Crippen LogP contribution in [0.2, 0.25) is 0 Å². The van der Waals surface area contributed by atoms with Crippen LogP contribution in [0.3, 0.4) is 0 Å². The second kappa shape index (κ2) is 7.34. The van der Waals surface area contributed by atoms with E-state index in [0.717, 1.165) is 5.56 Å². The molecule has 0 unspecified atom stereocenters. The van der Waals surface area contributed by atoms with Crippen LogP contribution in [0, 0.1) is 6.92 Å². The number of halogens is 1. The summed E-state index contributed by atoms with van der Waals surface area (Å²) in [6.07, 6.45) is 0. The molecule has 0 atom stereocenters. The Morgan fingerprint density at radius 2 is 1.72 bits per heavy atom. The number of carbonyl (C=O) groups is 2. The van der Waals surface area contributed by atoms with E-state index in [9.17, 15) is 18.0 Å². The number of hydrogen-bond acceptors (Lipinski definition) is 4. The van der Waals surface area contributed by atoms with Gasteiger partial charge in [-0.2, -0.15) is 0 Å². The van der Waals surface area contributed by atoms with Gasteiger partial charge in [-0.25, -0.2) is 13.6 Å². The minimum Gasteiger partial charge on any atom is -0.325 e. The second-order valence-corrected chi connectivity index (χ2v) is 7.79. The van der Waals surface area contributed by atoms with Crippen LogP contribution in [-0.4, -0.2) is 20.2 Å². The van der Waals surface area contributed by atoms with Crippen molar-refractivity contribution in [3.8, 4) is 0 Å². The van der Waals surface area contributed by atoms with Gasteiger partial charge in [0.1, 0.15) is 0 Å². The highest BCUT2D eigenvalue weighted by Crippen LogP contribution is 2.26. The molecule has 25 heavy (non-hydrogen) atoms. The topological polar surface area (TPSA) is 118 Å². The number of rotatable bonds is 4. The van der Waals surface area contributed by atoms with Crippen molar-refractivity contribution in [2.24, 2.45) is 5.14 Å². The van der Waals surface area contributed by atoms with Gasteiger partial charge in [-0.15, -0.1) is 0 Å². The lowest BCUT2D eigenvalue weighted by molar-refractivity contribution is -0.114. The summed E-state index contributed by atoms with van der Waals surface area (Å²) in [5, 5.41) is 10.4. The minimum atomic E-state index is -3.94. The second-order valence-electron chi connectivity index (χ2n) is 5.37. The molecule has 0 fully saturated rings. The fraction of sp³-hybridized carbons (Fsp3) is 0.125. The highest BCUT2D eigenvalue weighted by Gasteiger charge is 2.17. The van der Waals surface area contributed by atoms with E-state index in [4.69, 9.17) is 5.14 Å². The first kappa shape index (κ1) is 19.1. The molecule has 0 aliphatic carbocycles. The number of carbonyl (C=O) groups excluding carboxylic acids is 2. The summed E-state index contributed by atoms with van der Waals surface area (Å²) < 4.78 is 23.4. The number of aryl methyl sites for hydroxylation is 1. The maximum atomic E-state index is 12.6. The van der Waals surface area contributed by atoms with Gasteiger partial charge in [0.2, 0.25) is 15.9 Å². The molecule has 0 aliphatic heterocycles. The molecule has 0 saturated heterocycles. The zero-order chi connectivity index (χ0) is 18.8. The molecule has 9 heteroatoms. The van der Waals surface area contributed by atoms with E-state index in [-0.39, 0.29) is 16.4 Å². The van der Waals surface area contributed by atoms with Crippen LogP contribution >= 0.6 is 15.9 Å². The maximum Gasteiger partial charge on any atom is 0.256 e. The molecule has 2 aromatic carbocycles. The maximum absolute atomic E-state index is 12.6. The van der Waals surface area contributed by atoms with Crippen LogP contribution in [0.5, 0.6) is 0 Å². The van der Waals surface area contributed by atoms with E-state index < -0.39 is 15.9 Å². The first-order chi connectivity index (χ1) is 11.6. The summed E-state index contributed by atoms with van der Waals surface area (Å²) in [5.74, 6) is -0.827. The van der Waals surface area contributed by atoms with Gasteiger partial charge in [-0.1, -0.05) is 6.07 Å². The molecule has 2 aromatic rings. The van der Waals surface area contributed by atoms with Crippen molar-refractivity contribution < 1.29 is 18.0 Å². The largest absolute Gasteiger partial charge is 0.325 e. The number of benzene rings is 2. The van der Waals surface area contributed by atoms with Crippen molar-refractivity contribution in [3.05, 3.63) is 52.0 Å². The fourth-order valence-corrected chi connectivity index (χ4v) is 3.07. The van der Waals surface area contributed by atoms with Gasteiger partial charge < -0.3 is 10.6 Å². The Balaban J connectivity index is 2.41. The number of primary sulfonamides is 1. The van der Waals surface area contributed by atoms with Gasteiger partial charge in [-0.05, 0) is 58.7 Å². The van der Waals surface area contributed by atoms with Gasteiger partial charge in [0.15, 0.2) is 0 Å². The number of hydrogen-bond donors (Lipinski definition) is 3. The lowest BCUT2D eigenvalue weighted by Gasteiger charge is -2.13. The Hall–Kier alpha value is -2.23. The molecule has 2 rings (SSSR count). The van der Waals surface area contributed by atoms with Crippen LogP contribution in [-0.2, 0) is 14.8 Å². The van der Waals surface area contributed by atoms with Crippen molar-refractivity contribution >= 4 is 49.1 Å². The quantitative estimate of drug-likeness (QED) is 0.697. The molecule has 0 aliphatic rings. The fourth-order valence-electron chi connectivity index (χ4n) is 2.11. The molecule has 0 aromatic heterocycles. The number of amides is 2. The molecule has 0 spiro atoms. The number of nitrogens with two attached hydrogens (primary N) is 1. The zero-order valence-corrected chi connectivity index (χ0v) is 15.9. The summed E-state index contributed by atoms with van der Waals surface area (Å²) in [6, 6.07) is 9.06. The molecule has 7 nitrogen and oxygen atoms in total. The average Bonchev–Trinajstić information content (AvgIpc) is 2.48. The van der Waals surface area contributed by atoms with E-state index in [2.05, 4.69) is 26.6 Å². The molecule has 0 radical (unpaired) electrons. The molecule has 4 N–H and O–H groups in total. The third kappa shape index (κ3) is 4.88. The number of nitrogens with one attached hydrogen (secondary N) is 2. The van der Waals surface area contributed by atoms with Crippen LogP contribution in [0.25, 0.3) is 0 Å². The first-order valence-electron chi connectivity index (χ1n) is 7.10. The molecule has 132 valence electrons. The highest BCUT2D eigenvalue weighted by molar-refractivity contribution is 9.10. The predicted octanol–water partition coefficient (Wildman–Crippen LogP) is 2.62. The molecular weight excluding hydrogens is 410 g/mol. The van der Waals surface area contributed by atoms with Crippen LogP contribution < -0.4 is 15.8 Å². The van der Waals surface area contributed by atoms with Gasteiger partial charge in [0, 0.05) is 11.4 Å². The van der Waals surface area contributed by atoms with E-state index >= 15 is 0 Å². The van der Waals surface area contributed by atoms with Crippen molar-refractivity contribution in [1.82, 2.24) is 0 Å². The van der Waals surface area contributed by atoms with Crippen molar-refractivity contribution in [1.29, 1.82) is 0 Å². The monoisotopic (exact) mass is 425 g/mol. The van der Waals surface area contributed by atoms with E-state index in [1.54, 1.807) is 18.2 Å². The number of sulfonamides is 1. The van der Waals surface area contributed by atoms with Gasteiger partial charge >= 0.3 is 0 Å². The summed E-state index contributed by atoms with van der Waals surface area (Å²) in [5.41, 5.74) is 1.81. The zero-order valence-electron chi connectivity index (χ0n) is 13.5. The Bertz CT molecular complexity index is 958. The molecular formula is C16H16BrN3O4S. The standard InChI is InChI=1S/C16H16BrN3O4S/c1-9-3-6-14(19-10(2)21)15(7-9)20-16(22)12-8-11(25(18,23)24)4-5-13(12)17/h3-8H,1-2H3,(H,19,21)(H,20,22)(H2,18,23,24). The summed E-state index contributed by atoms with van der Waals surface area (Å²) in [7, 11) is -3.94. The predicted molar refractivity (Wildman–Crippen MR) is 99.0 cm³/mol. The third-order valence-electron chi connectivity index (χ3n) is 3.24. The molecule has 2 amide bonds. The van der Waals surface area contributed by atoms with Crippen LogP contribution in [0.4, 0.5) is 11.4 Å². The van der Waals surface area contributed by atoms with Crippen molar-refractivity contribution in [2.75, 3.05) is 10.6 Å². The minimum absolute atomic E-state index is 0.0989. The molecule has 0 heterocycles. The van der Waals surface area contributed by atoms with E-state index in [0.29, 0.717) is 15.8 Å². The van der Waals surface area contributed by atoms with Gasteiger partial charge in [-0.3, -0.25) is 9.59 Å². The normalized spacial score (nSPS) is 11.0. The van der Waals surface area contributed by atoms with E-state index in [1.165, 1.54) is 25.1 Å². The Morgan fingerprint density at radius 1 is 1.04 bits per heavy atom. The lowest BCUT2D eigenvalue weighted by Crippen LogP contribution is -2.17. The van der Waals surface area contributed by atoms with Crippen molar-refractivity contribution in [3.63, 3.8) is 0 Å². The van der Waals surface area contributed by atoms with Crippen LogP contribution in [0.1, 0.15) is 22.8 Å². The smallest absolute Gasteiger partial charge is 0.256 e. The Kier molecular flexibility index (Phi) is 5.61. The highest BCUT2D eigenvalue weighted by atomic mass is 79.9. The van der Waals surface area contributed by atoms with Crippen LogP contribution in [0.15, 0.2) is 45.8 Å². The third-order valence-corrected chi connectivity index (χ3v) is 4.85. The molecule has 0 bridgehead atoms. The first-order valence-corrected chi connectivity index (χ1v) is 9.44. The SMILES string of the molecule is CC(=O)Nc1ccc(C)cc1NC(=O)c1cc(S(N)(=O)=O)ccc1Br. The Morgan fingerprint density at radius 3 is 2.32 bits per heavy atom. The summed E-state index contributed by atoms with van der Waals surface area (Å²) in [6.45, 7) is 3.20. The summed E-state index contributed by atoms with van der Waals surface area (Å²) in [4.78, 5) is 23.7. The van der Waals surface area contributed by atoms with Crippen molar-refractivity contribution in [2.45, 2.75) is 18.7 Å². The van der Waals surface area contributed by atoms with Gasteiger partial charge in [0.05, 0.1) is 21.8 Å². The van der Waals surface area contributed by atoms with Gasteiger partial charge in [0.25, 0.3) is 5.91 Å². The summed E-state index contributed by atoms with van der Waals surface area (Å²) >= 11 is 3.22. The van der Waals surface area contributed by atoms with E-state index in [1.807, 2.05) is 6.92 Å².